The van der Waals surface area contributed by atoms with Gasteiger partial charge in [-0.25, -0.2) is 4.99 Å². The first kappa shape index (κ1) is 25.6. The highest BCUT2D eigenvalue weighted by Crippen LogP contribution is 2.20. The minimum absolute atomic E-state index is 0. The van der Waals surface area contributed by atoms with Gasteiger partial charge in [-0.05, 0) is 49.9 Å². The standard InChI is InChI=1S/C27H37N5.HI/c1-3-28-27(29-20-23-11-13-26(14-12-23)31-16-7-8-17-31)30-25-15-18-32(22(2)19-25)21-24-9-5-4-6-10-24;/h4-14,22,25H,3,15-21H2,1-2H3,(H2,28,29,30);1H. The number of hydrogen-bond donors (Lipinski definition) is 2. The number of halogens is 1. The molecule has 2 aliphatic heterocycles. The van der Waals surface area contributed by atoms with Crippen LogP contribution in [0.3, 0.4) is 0 Å². The lowest BCUT2D eigenvalue weighted by atomic mass is 9.97. The molecule has 4 rings (SSSR count). The maximum atomic E-state index is 4.87. The molecule has 0 amide bonds. The number of benzene rings is 2. The Bertz CT molecular complexity index is 888. The number of nitrogens with zero attached hydrogens (tertiary/aromatic N) is 3. The minimum Gasteiger partial charge on any atom is -0.364 e. The maximum absolute atomic E-state index is 4.87. The fraction of sp³-hybridized carbons (Fsp3) is 0.444. The van der Waals surface area contributed by atoms with Gasteiger partial charge in [-0.1, -0.05) is 54.6 Å². The summed E-state index contributed by atoms with van der Waals surface area (Å²) >= 11 is 0. The van der Waals surface area contributed by atoms with E-state index in [1.807, 2.05) is 0 Å². The van der Waals surface area contributed by atoms with Crippen molar-refractivity contribution < 1.29 is 0 Å². The molecule has 2 heterocycles. The fourth-order valence-electron chi connectivity index (χ4n) is 4.59. The van der Waals surface area contributed by atoms with E-state index in [1.54, 1.807) is 0 Å². The van der Waals surface area contributed by atoms with Crippen LogP contribution < -0.4 is 15.5 Å². The van der Waals surface area contributed by atoms with Gasteiger partial charge in [0.1, 0.15) is 0 Å². The maximum Gasteiger partial charge on any atom is 0.191 e. The van der Waals surface area contributed by atoms with Gasteiger partial charge in [-0.15, -0.1) is 24.0 Å². The van der Waals surface area contributed by atoms with Crippen molar-refractivity contribution in [1.29, 1.82) is 0 Å². The summed E-state index contributed by atoms with van der Waals surface area (Å²) in [6, 6.07) is 20.6. The first-order chi connectivity index (χ1) is 15.7. The third kappa shape index (κ3) is 7.47. The second-order valence-corrected chi connectivity index (χ2v) is 8.91. The van der Waals surface area contributed by atoms with Crippen molar-refractivity contribution in [3.8, 4) is 0 Å². The molecule has 2 atom stereocenters. The summed E-state index contributed by atoms with van der Waals surface area (Å²) in [5.41, 5.74) is 3.92. The highest BCUT2D eigenvalue weighted by Gasteiger charge is 2.26. The van der Waals surface area contributed by atoms with Crippen LogP contribution in [-0.2, 0) is 13.1 Å². The molecule has 0 radical (unpaired) electrons. The molecule has 178 valence electrons. The predicted molar refractivity (Wildman–Crippen MR) is 150 cm³/mol. The molecule has 0 saturated carbocycles. The van der Waals surface area contributed by atoms with E-state index >= 15 is 0 Å². The van der Waals surface area contributed by atoms with Crippen molar-refractivity contribution in [2.75, 3.05) is 31.1 Å². The molecule has 1 fully saturated rings. The minimum atomic E-state index is 0. The van der Waals surface area contributed by atoms with Gasteiger partial charge in [-0.3, -0.25) is 4.90 Å². The van der Waals surface area contributed by atoms with Crippen molar-refractivity contribution in [1.82, 2.24) is 15.5 Å². The van der Waals surface area contributed by atoms with Crippen molar-refractivity contribution >= 4 is 35.6 Å². The Hall–Kier alpha value is -2.06. The van der Waals surface area contributed by atoms with Crippen LogP contribution in [0.5, 0.6) is 0 Å². The molecular weight excluding hydrogens is 521 g/mol. The molecule has 0 aromatic heterocycles. The van der Waals surface area contributed by atoms with Crippen LogP contribution in [0.15, 0.2) is 71.7 Å². The summed E-state index contributed by atoms with van der Waals surface area (Å²) in [5, 5.41) is 7.12. The second-order valence-electron chi connectivity index (χ2n) is 8.91. The van der Waals surface area contributed by atoms with E-state index in [9.17, 15) is 0 Å². The average Bonchev–Trinajstić information content (AvgIpc) is 3.36. The summed E-state index contributed by atoms with van der Waals surface area (Å²) in [6.45, 7) is 10.2. The molecular formula is C27H38IN5. The number of anilines is 1. The quantitative estimate of drug-likeness (QED) is 0.222. The van der Waals surface area contributed by atoms with Gasteiger partial charge in [0.25, 0.3) is 0 Å². The van der Waals surface area contributed by atoms with Crippen molar-refractivity contribution in [2.24, 2.45) is 4.99 Å². The Morgan fingerprint density at radius 1 is 1.00 bits per heavy atom. The van der Waals surface area contributed by atoms with Crippen LogP contribution in [0.2, 0.25) is 0 Å². The van der Waals surface area contributed by atoms with Gasteiger partial charge in [0.05, 0.1) is 6.54 Å². The number of piperidine rings is 1. The highest BCUT2D eigenvalue weighted by molar-refractivity contribution is 14.0. The molecule has 2 aromatic carbocycles. The van der Waals surface area contributed by atoms with E-state index in [0.717, 1.165) is 51.5 Å². The number of guanidine groups is 1. The first-order valence-electron chi connectivity index (χ1n) is 12.0. The molecule has 0 spiro atoms. The van der Waals surface area contributed by atoms with Gasteiger partial charge in [0, 0.05) is 50.5 Å². The second kappa shape index (κ2) is 13.0. The predicted octanol–water partition coefficient (Wildman–Crippen LogP) is 4.79. The third-order valence-corrected chi connectivity index (χ3v) is 6.47. The van der Waals surface area contributed by atoms with E-state index in [1.165, 1.54) is 16.8 Å². The van der Waals surface area contributed by atoms with Gasteiger partial charge in [-0.2, -0.15) is 0 Å². The van der Waals surface area contributed by atoms with Crippen LogP contribution in [0.1, 0.15) is 37.8 Å². The van der Waals surface area contributed by atoms with Gasteiger partial charge < -0.3 is 15.5 Å². The third-order valence-electron chi connectivity index (χ3n) is 6.47. The summed E-state index contributed by atoms with van der Waals surface area (Å²) in [6.07, 6.45) is 6.72. The zero-order valence-corrected chi connectivity index (χ0v) is 22.2. The van der Waals surface area contributed by atoms with Gasteiger partial charge in [0.15, 0.2) is 5.96 Å². The number of likely N-dealkylation sites (tertiary alicyclic amines) is 1. The van der Waals surface area contributed by atoms with Crippen molar-refractivity contribution in [3.05, 3.63) is 77.9 Å². The molecule has 2 aromatic rings. The molecule has 33 heavy (non-hydrogen) atoms. The summed E-state index contributed by atoms with van der Waals surface area (Å²) in [4.78, 5) is 9.83. The Balaban J connectivity index is 0.00000306. The molecule has 2 N–H and O–H groups in total. The molecule has 6 heteroatoms. The van der Waals surface area contributed by atoms with Crippen molar-refractivity contribution in [3.63, 3.8) is 0 Å². The zero-order chi connectivity index (χ0) is 22.2. The van der Waals surface area contributed by atoms with Crippen LogP contribution in [0, 0.1) is 0 Å². The Morgan fingerprint density at radius 3 is 2.39 bits per heavy atom. The smallest absolute Gasteiger partial charge is 0.191 e. The number of aliphatic imine (C=N–C) groups is 1. The van der Waals surface area contributed by atoms with Crippen LogP contribution in [0.25, 0.3) is 0 Å². The van der Waals surface area contributed by atoms with Crippen LogP contribution >= 0.6 is 24.0 Å². The summed E-state index contributed by atoms with van der Waals surface area (Å²) in [7, 11) is 0. The van der Waals surface area contributed by atoms with Gasteiger partial charge in [0.2, 0.25) is 0 Å². The van der Waals surface area contributed by atoms with Crippen LogP contribution in [0.4, 0.5) is 5.69 Å². The Morgan fingerprint density at radius 2 is 1.73 bits per heavy atom. The summed E-state index contributed by atoms with van der Waals surface area (Å²) < 4.78 is 0. The SMILES string of the molecule is CCNC(=NCc1ccc(N2CC=CC2)cc1)NC1CCN(Cc2ccccc2)C(C)C1.I. The van der Waals surface area contributed by atoms with E-state index < -0.39 is 0 Å². The zero-order valence-electron chi connectivity index (χ0n) is 19.9. The monoisotopic (exact) mass is 559 g/mol. The van der Waals surface area contributed by atoms with E-state index in [-0.39, 0.29) is 24.0 Å². The average molecular weight is 560 g/mol. The lowest BCUT2D eigenvalue weighted by Gasteiger charge is -2.38. The number of nitrogens with one attached hydrogen (secondary N) is 2. The first-order valence-corrected chi connectivity index (χ1v) is 12.0. The molecule has 2 unspecified atom stereocenters. The highest BCUT2D eigenvalue weighted by atomic mass is 127. The van der Waals surface area contributed by atoms with Gasteiger partial charge >= 0.3 is 0 Å². The van der Waals surface area contributed by atoms with Crippen molar-refractivity contribution in [2.45, 2.75) is 51.9 Å². The largest absolute Gasteiger partial charge is 0.364 e. The summed E-state index contributed by atoms with van der Waals surface area (Å²) in [5.74, 6) is 0.925. The number of rotatable bonds is 7. The molecule has 1 saturated heterocycles. The number of hydrogen-bond acceptors (Lipinski definition) is 3. The lowest BCUT2D eigenvalue weighted by molar-refractivity contribution is 0.134. The van der Waals surface area contributed by atoms with Crippen LogP contribution in [-0.4, -0.2) is 49.1 Å². The van der Waals surface area contributed by atoms with E-state index in [2.05, 4.69) is 101 Å². The Labute approximate surface area is 216 Å². The normalized spacial score (nSPS) is 21.0. The lowest BCUT2D eigenvalue weighted by Crippen LogP contribution is -2.51. The topological polar surface area (TPSA) is 42.9 Å². The molecule has 0 aliphatic carbocycles. The molecule has 2 aliphatic rings. The fourth-order valence-corrected chi connectivity index (χ4v) is 4.59. The van der Waals surface area contributed by atoms with E-state index in [4.69, 9.17) is 4.99 Å². The molecule has 5 nitrogen and oxygen atoms in total. The van der Waals surface area contributed by atoms with E-state index in [0.29, 0.717) is 18.6 Å². The molecule has 0 bridgehead atoms. The Kier molecular flexibility index (Phi) is 10.1.